The van der Waals surface area contributed by atoms with E-state index in [2.05, 4.69) is 5.10 Å². The second kappa shape index (κ2) is 4.25. The number of amides is 1. The van der Waals surface area contributed by atoms with Crippen LogP contribution in [0.1, 0.15) is 37.7 Å². The third-order valence-electron chi connectivity index (χ3n) is 2.74. The molecule has 1 aromatic heterocycles. The van der Waals surface area contributed by atoms with Gasteiger partial charge in [-0.15, -0.1) is 0 Å². The Morgan fingerprint density at radius 3 is 2.56 bits per heavy atom. The molecular weight excluding hydrogens is 204 g/mol. The normalized spacial score (nSPS) is 16.8. The Kier molecular flexibility index (Phi) is 3.38. The van der Waals surface area contributed by atoms with E-state index in [1.807, 2.05) is 31.5 Å². The molecule has 5 nitrogen and oxygen atoms in total. The van der Waals surface area contributed by atoms with Gasteiger partial charge in [0.1, 0.15) is 0 Å². The summed E-state index contributed by atoms with van der Waals surface area (Å²) in [5.74, 6) is -0.485. The Labute approximate surface area is 95.8 Å². The monoisotopic (exact) mass is 224 g/mol. The van der Waals surface area contributed by atoms with E-state index in [4.69, 9.17) is 11.5 Å². The molecular formula is C11H20N4O. The van der Waals surface area contributed by atoms with E-state index in [0.29, 0.717) is 6.42 Å². The van der Waals surface area contributed by atoms with Gasteiger partial charge in [-0.1, -0.05) is 0 Å². The van der Waals surface area contributed by atoms with Crippen LogP contribution < -0.4 is 11.5 Å². The highest BCUT2D eigenvalue weighted by molar-refractivity contribution is 5.83. The Balaban J connectivity index is 2.84. The van der Waals surface area contributed by atoms with Gasteiger partial charge in [0.25, 0.3) is 0 Å². The van der Waals surface area contributed by atoms with E-state index in [1.54, 1.807) is 6.92 Å². The molecule has 0 radical (unpaired) electrons. The van der Waals surface area contributed by atoms with Crippen LogP contribution in [0.15, 0.2) is 6.07 Å². The molecule has 0 aromatic carbocycles. The smallest absolute Gasteiger partial charge is 0.237 e. The predicted octanol–water partition coefficient (Wildman–Crippen LogP) is 0.654. The fraction of sp³-hybridized carbons (Fsp3) is 0.636. The number of nitrogens with zero attached hydrogens (tertiary/aromatic N) is 2. The lowest BCUT2D eigenvalue weighted by atomic mass is 9.94. The maximum absolute atomic E-state index is 11.1. The number of aryl methyl sites for hydroxylation is 2. The number of carbonyl (C=O) groups is 1. The van der Waals surface area contributed by atoms with Gasteiger partial charge in [-0.2, -0.15) is 5.10 Å². The zero-order valence-electron chi connectivity index (χ0n) is 10.3. The molecule has 0 fully saturated rings. The second-order valence-electron chi connectivity index (χ2n) is 4.71. The Hall–Kier alpha value is -1.36. The molecule has 2 unspecified atom stereocenters. The van der Waals surface area contributed by atoms with Gasteiger partial charge in [0.15, 0.2) is 0 Å². The summed E-state index contributed by atoms with van der Waals surface area (Å²) in [6.07, 6.45) is 0.476. The van der Waals surface area contributed by atoms with E-state index >= 15 is 0 Å². The minimum Gasteiger partial charge on any atom is -0.368 e. The zero-order valence-corrected chi connectivity index (χ0v) is 10.3. The molecule has 0 saturated carbocycles. The number of hydrogen-bond acceptors (Lipinski definition) is 3. The van der Waals surface area contributed by atoms with Crippen molar-refractivity contribution >= 4 is 5.91 Å². The maximum atomic E-state index is 11.1. The van der Waals surface area contributed by atoms with Crippen molar-refractivity contribution in [3.05, 3.63) is 17.5 Å². The average molecular weight is 224 g/mol. The SMILES string of the molecule is Cc1cc(C)n(C(C)CC(C)(N)C(N)=O)n1. The molecule has 1 amide bonds. The molecule has 16 heavy (non-hydrogen) atoms. The van der Waals surface area contributed by atoms with Crippen LogP contribution in [-0.2, 0) is 4.79 Å². The molecule has 5 heteroatoms. The lowest BCUT2D eigenvalue weighted by molar-refractivity contribution is -0.123. The molecule has 0 aliphatic heterocycles. The van der Waals surface area contributed by atoms with Gasteiger partial charge in [0.2, 0.25) is 5.91 Å². The molecule has 1 heterocycles. The van der Waals surface area contributed by atoms with Crippen LogP contribution in [0.2, 0.25) is 0 Å². The Bertz CT molecular complexity index is 395. The molecule has 2 atom stereocenters. The molecule has 1 rings (SSSR count). The lowest BCUT2D eigenvalue weighted by Crippen LogP contribution is -2.50. The van der Waals surface area contributed by atoms with Crippen LogP contribution in [0.5, 0.6) is 0 Å². The molecule has 0 aliphatic carbocycles. The number of hydrogen-bond donors (Lipinski definition) is 2. The van der Waals surface area contributed by atoms with Crippen molar-refractivity contribution in [2.24, 2.45) is 11.5 Å². The average Bonchev–Trinajstić information content (AvgIpc) is 2.44. The van der Waals surface area contributed by atoms with Crippen molar-refractivity contribution in [1.82, 2.24) is 9.78 Å². The summed E-state index contributed by atoms with van der Waals surface area (Å²) in [7, 11) is 0. The fourth-order valence-electron chi connectivity index (χ4n) is 1.89. The topological polar surface area (TPSA) is 86.9 Å². The quantitative estimate of drug-likeness (QED) is 0.787. The standard InChI is InChI=1S/C11H20N4O/c1-7-5-8(2)15(14-7)9(3)6-11(4,13)10(12)16/h5,9H,6,13H2,1-4H3,(H2,12,16). The Morgan fingerprint density at radius 1 is 1.62 bits per heavy atom. The van der Waals surface area contributed by atoms with Gasteiger partial charge in [0, 0.05) is 5.69 Å². The fourth-order valence-corrected chi connectivity index (χ4v) is 1.89. The highest BCUT2D eigenvalue weighted by atomic mass is 16.1. The van der Waals surface area contributed by atoms with Gasteiger partial charge in [-0.3, -0.25) is 9.48 Å². The summed E-state index contributed by atoms with van der Waals surface area (Å²) in [6.45, 7) is 7.55. The van der Waals surface area contributed by atoms with Crippen LogP contribution >= 0.6 is 0 Å². The third kappa shape index (κ3) is 2.61. The van der Waals surface area contributed by atoms with E-state index in [-0.39, 0.29) is 6.04 Å². The largest absolute Gasteiger partial charge is 0.368 e. The summed E-state index contributed by atoms with van der Waals surface area (Å²) in [6, 6.07) is 2.05. The summed E-state index contributed by atoms with van der Waals surface area (Å²) in [5, 5.41) is 4.36. The highest BCUT2D eigenvalue weighted by Crippen LogP contribution is 2.20. The minimum atomic E-state index is -0.994. The number of rotatable bonds is 4. The van der Waals surface area contributed by atoms with E-state index < -0.39 is 11.4 Å². The van der Waals surface area contributed by atoms with Crippen molar-refractivity contribution in [2.75, 3.05) is 0 Å². The maximum Gasteiger partial charge on any atom is 0.237 e. The van der Waals surface area contributed by atoms with Gasteiger partial charge >= 0.3 is 0 Å². The third-order valence-corrected chi connectivity index (χ3v) is 2.74. The van der Waals surface area contributed by atoms with Crippen molar-refractivity contribution in [3.8, 4) is 0 Å². The number of carbonyl (C=O) groups excluding carboxylic acids is 1. The first kappa shape index (κ1) is 12.7. The molecule has 0 aliphatic rings. The first-order valence-electron chi connectivity index (χ1n) is 5.35. The second-order valence-corrected chi connectivity index (χ2v) is 4.71. The molecule has 90 valence electrons. The predicted molar refractivity (Wildman–Crippen MR) is 62.8 cm³/mol. The van der Waals surface area contributed by atoms with Gasteiger partial charge in [-0.25, -0.2) is 0 Å². The van der Waals surface area contributed by atoms with Crippen LogP contribution in [-0.4, -0.2) is 21.2 Å². The highest BCUT2D eigenvalue weighted by Gasteiger charge is 2.29. The van der Waals surface area contributed by atoms with Crippen LogP contribution in [0.4, 0.5) is 0 Å². The van der Waals surface area contributed by atoms with Gasteiger partial charge < -0.3 is 11.5 Å². The Morgan fingerprint density at radius 2 is 2.19 bits per heavy atom. The van der Waals surface area contributed by atoms with Crippen molar-refractivity contribution in [3.63, 3.8) is 0 Å². The van der Waals surface area contributed by atoms with Crippen LogP contribution in [0.25, 0.3) is 0 Å². The lowest BCUT2D eigenvalue weighted by Gasteiger charge is -2.25. The zero-order chi connectivity index (χ0) is 12.5. The van der Waals surface area contributed by atoms with Crippen LogP contribution in [0.3, 0.4) is 0 Å². The molecule has 4 N–H and O–H groups in total. The van der Waals surface area contributed by atoms with E-state index in [9.17, 15) is 4.79 Å². The summed E-state index contributed by atoms with van der Waals surface area (Å²) < 4.78 is 1.88. The van der Waals surface area contributed by atoms with Crippen LogP contribution in [0, 0.1) is 13.8 Å². The molecule has 0 spiro atoms. The first-order chi connectivity index (χ1) is 7.24. The van der Waals surface area contributed by atoms with Crippen molar-refractivity contribution in [1.29, 1.82) is 0 Å². The first-order valence-corrected chi connectivity index (χ1v) is 5.35. The molecule has 1 aromatic rings. The summed E-state index contributed by atoms with van der Waals surface area (Å²) in [4.78, 5) is 11.1. The van der Waals surface area contributed by atoms with E-state index in [1.165, 1.54) is 0 Å². The van der Waals surface area contributed by atoms with Crippen molar-refractivity contribution < 1.29 is 4.79 Å². The number of aromatic nitrogens is 2. The van der Waals surface area contributed by atoms with Crippen molar-refractivity contribution in [2.45, 2.75) is 45.7 Å². The molecule has 0 saturated heterocycles. The molecule has 0 bridgehead atoms. The summed E-state index contributed by atoms with van der Waals surface area (Å²) in [5.41, 5.74) is 12.1. The number of nitrogens with two attached hydrogens (primary N) is 2. The van der Waals surface area contributed by atoms with Gasteiger partial charge in [0.05, 0.1) is 17.3 Å². The minimum absolute atomic E-state index is 0.0520. The number of primary amides is 1. The van der Waals surface area contributed by atoms with E-state index in [0.717, 1.165) is 11.4 Å². The summed E-state index contributed by atoms with van der Waals surface area (Å²) >= 11 is 0. The van der Waals surface area contributed by atoms with Gasteiger partial charge in [-0.05, 0) is 40.2 Å².